The van der Waals surface area contributed by atoms with Crippen molar-refractivity contribution in [1.29, 1.82) is 0 Å². The van der Waals surface area contributed by atoms with Gasteiger partial charge in [0.05, 0.1) is 12.6 Å². The molecule has 1 aliphatic heterocycles. The molecule has 14 heavy (non-hydrogen) atoms. The number of nitrogens with two attached hydrogens (primary N) is 1. The Labute approximate surface area is 88.2 Å². The number of anilines is 2. The van der Waals surface area contributed by atoms with E-state index >= 15 is 0 Å². The van der Waals surface area contributed by atoms with Gasteiger partial charge in [0, 0.05) is 11.4 Å². The fourth-order valence-corrected chi connectivity index (χ4v) is 1.64. The van der Waals surface area contributed by atoms with Gasteiger partial charge in [-0.2, -0.15) is 0 Å². The summed E-state index contributed by atoms with van der Waals surface area (Å²) in [6, 6.07) is 7.67. The van der Waals surface area contributed by atoms with Gasteiger partial charge in [0.1, 0.15) is 0 Å². The summed E-state index contributed by atoms with van der Waals surface area (Å²) < 4.78 is 5.16. The van der Waals surface area contributed by atoms with Crippen molar-refractivity contribution in [3.05, 3.63) is 29.8 Å². The molecule has 1 heterocycles. The molecule has 1 aromatic carbocycles. The van der Waals surface area contributed by atoms with Gasteiger partial charge < -0.3 is 15.8 Å². The van der Waals surface area contributed by atoms with Crippen LogP contribution < -0.4 is 11.1 Å². The predicted molar refractivity (Wildman–Crippen MR) is 57.9 cm³/mol. The molecule has 1 atom stereocenters. The van der Waals surface area contributed by atoms with Gasteiger partial charge >= 0.3 is 0 Å². The molecule has 3 nitrogen and oxygen atoms in total. The Bertz CT molecular complexity index is 301. The lowest BCUT2D eigenvalue weighted by atomic mass is 10.2. The van der Waals surface area contributed by atoms with E-state index < -0.39 is 0 Å². The number of ether oxygens (including phenoxy) is 1. The van der Waals surface area contributed by atoms with E-state index in [1.807, 2.05) is 24.3 Å². The van der Waals surface area contributed by atoms with Gasteiger partial charge in [-0.05, 0) is 30.7 Å². The van der Waals surface area contributed by atoms with Crippen molar-refractivity contribution >= 4 is 23.0 Å². The van der Waals surface area contributed by atoms with Crippen molar-refractivity contribution in [2.24, 2.45) is 0 Å². The molecule has 0 spiro atoms. The third-order valence-corrected chi connectivity index (χ3v) is 2.54. The lowest BCUT2D eigenvalue weighted by Crippen LogP contribution is -2.19. The molecule has 0 aliphatic carbocycles. The van der Waals surface area contributed by atoms with Crippen molar-refractivity contribution in [1.82, 2.24) is 0 Å². The molecule has 1 unspecified atom stereocenters. The summed E-state index contributed by atoms with van der Waals surface area (Å²) in [4.78, 5) is 0. The number of nitrogens with one attached hydrogen (secondary N) is 1. The molecule has 1 fully saturated rings. The Morgan fingerprint density at radius 3 is 2.64 bits per heavy atom. The zero-order chi connectivity index (χ0) is 9.97. The first-order valence-electron chi connectivity index (χ1n) is 4.53. The molecule has 0 bridgehead atoms. The second-order valence-electron chi connectivity index (χ2n) is 3.26. The first-order chi connectivity index (χ1) is 6.75. The normalized spacial score (nSPS) is 22.5. The molecule has 1 radical (unpaired) electrons. The zero-order valence-corrected chi connectivity index (χ0v) is 8.42. The summed E-state index contributed by atoms with van der Waals surface area (Å²) in [5.74, 6) is 0. The van der Waals surface area contributed by atoms with E-state index in [0.29, 0.717) is 12.2 Å². The molecule has 3 N–H and O–H groups in total. The quantitative estimate of drug-likeness (QED) is 0.738. The van der Waals surface area contributed by atoms with Crippen LogP contribution in [0.15, 0.2) is 24.3 Å². The molecule has 0 aromatic heterocycles. The number of halogens is 1. The first kappa shape index (κ1) is 9.62. The maximum Gasteiger partial charge on any atom is 0.206 e. The van der Waals surface area contributed by atoms with Gasteiger partial charge in [0.25, 0.3) is 0 Å². The van der Waals surface area contributed by atoms with Crippen LogP contribution in [0, 0.1) is 5.56 Å². The molecule has 75 valence electrons. The number of nitrogen functional groups attached to an aromatic ring is 1. The Balaban J connectivity index is 2.00. The molecule has 1 saturated heterocycles. The second kappa shape index (κ2) is 4.07. The van der Waals surface area contributed by atoms with Gasteiger partial charge in [0.2, 0.25) is 5.56 Å². The average molecular weight is 212 g/mol. The van der Waals surface area contributed by atoms with Gasteiger partial charge in [-0.15, -0.1) is 0 Å². The summed E-state index contributed by atoms with van der Waals surface area (Å²) >= 11 is 5.87. The summed E-state index contributed by atoms with van der Waals surface area (Å²) in [6.07, 6.45) is 0.906. The summed E-state index contributed by atoms with van der Waals surface area (Å²) in [6.45, 7) is 0.686. The van der Waals surface area contributed by atoms with Crippen molar-refractivity contribution in [2.45, 2.75) is 12.5 Å². The standard InChI is InChI=1S/C10H12ClN2O/c11-10-9(5-6-14-10)13-8-3-1-7(12)2-4-8/h1-4,9,13H,5-6,12H2. The zero-order valence-electron chi connectivity index (χ0n) is 7.66. The molecular weight excluding hydrogens is 200 g/mol. The van der Waals surface area contributed by atoms with Gasteiger partial charge in [-0.3, -0.25) is 0 Å². The van der Waals surface area contributed by atoms with Crippen molar-refractivity contribution < 1.29 is 4.74 Å². The van der Waals surface area contributed by atoms with Crippen molar-refractivity contribution in [3.8, 4) is 0 Å². The van der Waals surface area contributed by atoms with Crippen LogP contribution in [0.5, 0.6) is 0 Å². The minimum Gasteiger partial charge on any atom is -0.399 e. The van der Waals surface area contributed by atoms with Gasteiger partial charge in [-0.25, -0.2) is 0 Å². The molecule has 0 saturated carbocycles. The summed E-state index contributed by atoms with van der Waals surface area (Å²) in [7, 11) is 0. The maximum absolute atomic E-state index is 5.87. The van der Waals surface area contributed by atoms with Crippen molar-refractivity contribution in [3.63, 3.8) is 0 Å². The largest absolute Gasteiger partial charge is 0.399 e. The van der Waals surface area contributed by atoms with E-state index in [0.717, 1.165) is 17.8 Å². The van der Waals surface area contributed by atoms with Crippen LogP contribution in [0.1, 0.15) is 6.42 Å². The Morgan fingerprint density at radius 1 is 1.36 bits per heavy atom. The van der Waals surface area contributed by atoms with E-state index in [1.165, 1.54) is 0 Å². The van der Waals surface area contributed by atoms with Gasteiger partial charge in [0.15, 0.2) is 0 Å². The summed E-state index contributed by atoms with van der Waals surface area (Å²) in [5, 5.41) is 3.27. The lowest BCUT2D eigenvalue weighted by Gasteiger charge is -2.14. The highest BCUT2D eigenvalue weighted by molar-refractivity contribution is 6.26. The highest BCUT2D eigenvalue weighted by Gasteiger charge is 2.27. The van der Waals surface area contributed by atoms with E-state index in [-0.39, 0.29) is 6.04 Å². The molecular formula is C10H12ClN2O. The third kappa shape index (κ3) is 2.11. The number of benzene rings is 1. The lowest BCUT2D eigenvalue weighted by molar-refractivity contribution is 0.235. The molecule has 1 aromatic rings. The molecule has 0 amide bonds. The molecule has 1 aliphatic rings. The average Bonchev–Trinajstić information content (AvgIpc) is 2.56. The minimum absolute atomic E-state index is 0.111. The molecule has 2 rings (SSSR count). The van der Waals surface area contributed by atoms with E-state index in [2.05, 4.69) is 5.32 Å². The highest BCUT2D eigenvalue weighted by Crippen LogP contribution is 2.27. The smallest absolute Gasteiger partial charge is 0.206 e. The Hall–Kier alpha value is -0.930. The first-order valence-corrected chi connectivity index (χ1v) is 4.91. The summed E-state index contributed by atoms with van der Waals surface area (Å²) in [5.41, 5.74) is 7.89. The number of hydrogen-bond donors (Lipinski definition) is 2. The molecule has 4 heteroatoms. The number of rotatable bonds is 2. The predicted octanol–water partition coefficient (Wildman–Crippen LogP) is 2.20. The van der Waals surface area contributed by atoms with Crippen LogP contribution >= 0.6 is 11.6 Å². The van der Waals surface area contributed by atoms with Crippen molar-refractivity contribution in [2.75, 3.05) is 17.7 Å². The van der Waals surface area contributed by atoms with Crippen LogP contribution in [0.3, 0.4) is 0 Å². The van der Waals surface area contributed by atoms with E-state index in [1.54, 1.807) is 0 Å². The fourth-order valence-electron chi connectivity index (χ4n) is 1.40. The fraction of sp³-hybridized carbons (Fsp3) is 0.300. The highest BCUT2D eigenvalue weighted by atomic mass is 35.5. The topological polar surface area (TPSA) is 47.3 Å². The maximum atomic E-state index is 5.87. The second-order valence-corrected chi connectivity index (χ2v) is 3.63. The Kier molecular flexibility index (Phi) is 2.79. The van der Waals surface area contributed by atoms with Crippen LogP contribution in [-0.4, -0.2) is 12.6 Å². The monoisotopic (exact) mass is 211 g/mol. The third-order valence-electron chi connectivity index (χ3n) is 2.17. The van der Waals surface area contributed by atoms with Crippen LogP contribution in [0.25, 0.3) is 0 Å². The van der Waals surface area contributed by atoms with Crippen LogP contribution in [0.4, 0.5) is 11.4 Å². The van der Waals surface area contributed by atoms with Crippen LogP contribution in [-0.2, 0) is 4.74 Å². The van der Waals surface area contributed by atoms with Crippen LogP contribution in [0.2, 0.25) is 0 Å². The minimum atomic E-state index is 0.111. The SMILES string of the molecule is Nc1ccc(NC2CCO[C]2Cl)cc1. The van der Waals surface area contributed by atoms with Gasteiger partial charge in [-0.1, -0.05) is 11.6 Å². The Morgan fingerprint density at radius 2 is 2.07 bits per heavy atom. The van der Waals surface area contributed by atoms with E-state index in [9.17, 15) is 0 Å². The number of hydrogen-bond acceptors (Lipinski definition) is 3. The van der Waals surface area contributed by atoms with E-state index in [4.69, 9.17) is 22.1 Å².